The summed E-state index contributed by atoms with van der Waals surface area (Å²) in [6.45, 7) is 0.946. The summed E-state index contributed by atoms with van der Waals surface area (Å²) in [4.78, 5) is 0. The third kappa shape index (κ3) is 2.41. The second-order valence-corrected chi connectivity index (χ2v) is 3.47. The van der Waals surface area contributed by atoms with Crippen LogP contribution in [-0.4, -0.2) is 28.0 Å². The fourth-order valence-electron chi connectivity index (χ4n) is 1.51. The van der Waals surface area contributed by atoms with E-state index in [2.05, 4.69) is 10.4 Å². The molecule has 0 aliphatic heterocycles. The molecular formula is C12H15N3O. The average Bonchev–Trinajstić information content (AvgIpc) is 2.79. The average molecular weight is 217 g/mol. The summed E-state index contributed by atoms with van der Waals surface area (Å²) in [7, 11) is 0. The van der Waals surface area contributed by atoms with E-state index in [-0.39, 0.29) is 6.61 Å². The predicted molar refractivity (Wildman–Crippen MR) is 63.8 cm³/mol. The molecule has 1 heterocycles. The number of anilines is 1. The number of aromatic nitrogens is 2. The van der Waals surface area contributed by atoms with Crippen molar-refractivity contribution < 1.29 is 5.11 Å². The fourth-order valence-corrected chi connectivity index (χ4v) is 1.51. The van der Waals surface area contributed by atoms with Gasteiger partial charge in [-0.05, 0) is 18.6 Å². The van der Waals surface area contributed by atoms with E-state index in [9.17, 15) is 0 Å². The molecule has 2 rings (SSSR count). The lowest BCUT2D eigenvalue weighted by molar-refractivity contribution is 0.292. The number of nitrogens with one attached hydrogen (secondary N) is 1. The van der Waals surface area contributed by atoms with Crippen molar-refractivity contribution in [3.8, 4) is 5.69 Å². The SMILES string of the molecule is OCCCNc1ccnn1-c1ccccc1. The lowest BCUT2D eigenvalue weighted by Crippen LogP contribution is -2.08. The van der Waals surface area contributed by atoms with Crippen molar-refractivity contribution >= 4 is 5.82 Å². The number of rotatable bonds is 5. The second-order valence-electron chi connectivity index (χ2n) is 3.47. The Morgan fingerprint density at radius 2 is 2.00 bits per heavy atom. The Morgan fingerprint density at radius 1 is 1.19 bits per heavy atom. The van der Waals surface area contributed by atoms with Crippen molar-refractivity contribution in [3.63, 3.8) is 0 Å². The molecule has 0 atom stereocenters. The summed E-state index contributed by atoms with van der Waals surface area (Å²) in [5, 5.41) is 16.2. The predicted octanol–water partition coefficient (Wildman–Crippen LogP) is 1.67. The number of para-hydroxylation sites is 1. The Balaban J connectivity index is 2.13. The van der Waals surface area contributed by atoms with Crippen LogP contribution >= 0.6 is 0 Å². The first-order valence-corrected chi connectivity index (χ1v) is 5.36. The summed E-state index contributed by atoms with van der Waals surface area (Å²) in [6.07, 6.45) is 2.49. The Hall–Kier alpha value is -1.81. The zero-order valence-corrected chi connectivity index (χ0v) is 9.00. The number of hydrogen-bond donors (Lipinski definition) is 2. The van der Waals surface area contributed by atoms with Crippen molar-refractivity contribution in [2.75, 3.05) is 18.5 Å². The minimum absolute atomic E-state index is 0.201. The highest BCUT2D eigenvalue weighted by Gasteiger charge is 2.02. The quantitative estimate of drug-likeness (QED) is 0.749. The first kappa shape index (κ1) is 10.7. The molecule has 84 valence electrons. The van der Waals surface area contributed by atoms with E-state index in [1.165, 1.54) is 0 Å². The smallest absolute Gasteiger partial charge is 0.129 e. The molecular weight excluding hydrogens is 202 g/mol. The van der Waals surface area contributed by atoms with Gasteiger partial charge in [0.15, 0.2) is 0 Å². The van der Waals surface area contributed by atoms with E-state index in [1.807, 2.05) is 41.1 Å². The molecule has 4 nitrogen and oxygen atoms in total. The van der Waals surface area contributed by atoms with Crippen molar-refractivity contribution in [1.29, 1.82) is 0 Å². The molecule has 0 aliphatic rings. The summed E-state index contributed by atoms with van der Waals surface area (Å²) < 4.78 is 1.84. The minimum Gasteiger partial charge on any atom is -0.396 e. The molecule has 0 bridgehead atoms. The number of aliphatic hydroxyl groups excluding tert-OH is 1. The third-order valence-corrected chi connectivity index (χ3v) is 2.28. The minimum atomic E-state index is 0.201. The topological polar surface area (TPSA) is 50.1 Å². The molecule has 0 aliphatic carbocycles. The molecule has 0 saturated carbocycles. The van der Waals surface area contributed by atoms with Gasteiger partial charge in [-0.2, -0.15) is 5.10 Å². The van der Waals surface area contributed by atoms with E-state index < -0.39 is 0 Å². The molecule has 0 radical (unpaired) electrons. The van der Waals surface area contributed by atoms with Gasteiger partial charge < -0.3 is 10.4 Å². The normalized spacial score (nSPS) is 10.3. The van der Waals surface area contributed by atoms with Crippen LogP contribution in [0.1, 0.15) is 6.42 Å². The summed E-state index contributed by atoms with van der Waals surface area (Å²) >= 11 is 0. The first-order chi connectivity index (χ1) is 7.92. The van der Waals surface area contributed by atoms with Gasteiger partial charge in [0.05, 0.1) is 11.9 Å². The van der Waals surface area contributed by atoms with E-state index in [0.29, 0.717) is 0 Å². The molecule has 0 saturated heterocycles. The van der Waals surface area contributed by atoms with E-state index in [1.54, 1.807) is 6.20 Å². The van der Waals surface area contributed by atoms with Crippen LogP contribution in [-0.2, 0) is 0 Å². The Labute approximate surface area is 94.5 Å². The number of nitrogens with zero attached hydrogens (tertiary/aromatic N) is 2. The van der Waals surface area contributed by atoms with E-state index >= 15 is 0 Å². The molecule has 0 unspecified atom stereocenters. The third-order valence-electron chi connectivity index (χ3n) is 2.28. The summed E-state index contributed by atoms with van der Waals surface area (Å²) in [6, 6.07) is 11.9. The largest absolute Gasteiger partial charge is 0.396 e. The van der Waals surface area contributed by atoms with Crippen LogP contribution in [0, 0.1) is 0 Å². The van der Waals surface area contributed by atoms with E-state index in [4.69, 9.17) is 5.11 Å². The maximum absolute atomic E-state index is 8.72. The number of aliphatic hydroxyl groups is 1. The van der Waals surface area contributed by atoms with Crippen LogP contribution in [0.15, 0.2) is 42.6 Å². The number of hydrogen-bond acceptors (Lipinski definition) is 3. The molecule has 16 heavy (non-hydrogen) atoms. The lowest BCUT2D eigenvalue weighted by atomic mass is 10.3. The van der Waals surface area contributed by atoms with Gasteiger partial charge in [-0.15, -0.1) is 0 Å². The Bertz CT molecular complexity index is 425. The Morgan fingerprint density at radius 3 is 2.75 bits per heavy atom. The highest BCUT2D eigenvalue weighted by molar-refractivity contribution is 5.44. The van der Waals surface area contributed by atoms with Crippen LogP contribution in [0.4, 0.5) is 5.82 Å². The van der Waals surface area contributed by atoms with Crippen molar-refractivity contribution in [3.05, 3.63) is 42.6 Å². The van der Waals surface area contributed by atoms with Gasteiger partial charge in [0, 0.05) is 19.2 Å². The van der Waals surface area contributed by atoms with Crippen LogP contribution in [0.25, 0.3) is 5.69 Å². The molecule has 0 fully saturated rings. The highest BCUT2D eigenvalue weighted by Crippen LogP contribution is 2.13. The zero-order chi connectivity index (χ0) is 11.2. The van der Waals surface area contributed by atoms with Crippen LogP contribution in [0.5, 0.6) is 0 Å². The van der Waals surface area contributed by atoms with Crippen LogP contribution in [0.3, 0.4) is 0 Å². The van der Waals surface area contributed by atoms with Gasteiger partial charge >= 0.3 is 0 Å². The summed E-state index contributed by atoms with van der Waals surface area (Å²) in [5.74, 6) is 0.944. The van der Waals surface area contributed by atoms with Crippen molar-refractivity contribution in [1.82, 2.24) is 9.78 Å². The van der Waals surface area contributed by atoms with Gasteiger partial charge in [-0.3, -0.25) is 0 Å². The van der Waals surface area contributed by atoms with Crippen LogP contribution in [0.2, 0.25) is 0 Å². The second kappa shape index (κ2) is 5.32. The van der Waals surface area contributed by atoms with Gasteiger partial charge in [0.1, 0.15) is 5.82 Å². The summed E-state index contributed by atoms with van der Waals surface area (Å²) in [5.41, 5.74) is 1.03. The maximum atomic E-state index is 8.72. The molecule has 0 amide bonds. The van der Waals surface area contributed by atoms with Crippen molar-refractivity contribution in [2.24, 2.45) is 0 Å². The van der Waals surface area contributed by atoms with Crippen molar-refractivity contribution in [2.45, 2.75) is 6.42 Å². The number of benzene rings is 1. The van der Waals surface area contributed by atoms with Gasteiger partial charge in [-0.1, -0.05) is 18.2 Å². The van der Waals surface area contributed by atoms with E-state index in [0.717, 1.165) is 24.5 Å². The van der Waals surface area contributed by atoms with Gasteiger partial charge in [0.2, 0.25) is 0 Å². The van der Waals surface area contributed by atoms with Crippen LogP contribution < -0.4 is 5.32 Å². The van der Waals surface area contributed by atoms with Gasteiger partial charge in [0.25, 0.3) is 0 Å². The lowest BCUT2D eigenvalue weighted by Gasteiger charge is -2.08. The van der Waals surface area contributed by atoms with Gasteiger partial charge in [-0.25, -0.2) is 4.68 Å². The maximum Gasteiger partial charge on any atom is 0.129 e. The molecule has 2 aromatic rings. The monoisotopic (exact) mass is 217 g/mol. The molecule has 1 aromatic carbocycles. The molecule has 1 aromatic heterocycles. The highest BCUT2D eigenvalue weighted by atomic mass is 16.3. The Kier molecular flexibility index (Phi) is 3.56. The molecule has 2 N–H and O–H groups in total. The first-order valence-electron chi connectivity index (χ1n) is 5.36. The molecule has 4 heteroatoms. The fraction of sp³-hybridized carbons (Fsp3) is 0.250. The molecule has 0 spiro atoms. The zero-order valence-electron chi connectivity index (χ0n) is 9.00. The standard InChI is InChI=1S/C12H15N3O/c16-10-4-8-13-12-7-9-14-15(12)11-5-2-1-3-6-11/h1-3,5-7,9,13,16H,4,8,10H2.